The van der Waals surface area contributed by atoms with Crippen LogP contribution in [-0.2, 0) is 6.42 Å². The lowest BCUT2D eigenvalue weighted by molar-refractivity contribution is -0.0610. The van der Waals surface area contributed by atoms with Crippen molar-refractivity contribution in [2.24, 2.45) is 0 Å². The van der Waals surface area contributed by atoms with Gasteiger partial charge in [0.05, 0.1) is 11.9 Å². The topological polar surface area (TPSA) is 52.4 Å². The van der Waals surface area contributed by atoms with E-state index in [2.05, 4.69) is 55.0 Å². The second kappa shape index (κ2) is 6.04. The molecule has 2 atom stereocenters. The second-order valence-electron chi connectivity index (χ2n) is 7.18. The van der Waals surface area contributed by atoms with Crippen LogP contribution < -0.4 is 0 Å². The van der Waals surface area contributed by atoms with E-state index in [0.717, 1.165) is 30.5 Å². The van der Waals surface area contributed by atoms with Crippen LogP contribution in [0.5, 0.6) is 0 Å². The number of hydrogen-bond acceptors (Lipinski definition) is 3. The van der Waals surface area contributed by atoms with Crippen molar-refractivity contribution < 1.29 is 9.52 Å². The highest BCUT2D eigenvalue weighted by atomic mass is 16.3. The zero-order chi connectivity index (χ0) is 17.6. The number of H-pyrrole nitrogens is 1. The Balaban J connectivity index is 1.92. The number of fused-ring (bicyclic) bond motifs is 3. The first kappa shape index (κ1) is 16.4. The van der Waals surface area contributed by atoms with Gasteiger partial charge in [0.25, 0.3) is 0 Å². The monoisotopic (exact) mass is 338 g/mol. The number of furan rings is 1. The molecule has 0 saturated heterocycles. The Labute approximate surface area is 148 Å². The quantitative estimate of drug-likeness (QED) is 0.747. The fourth-order valence-electron chi connectivity index (χ4n) is 4.48. The Hall–Kier alpha value is -2.04. The smallest absolute Gasteiger partial charge is 0.126 e. The van der Waals surface area contributed by atoms with Gasteiger partial charge in [-0.2, -0.15) is 0 Å². The Morgan fingerprint density at radius 2 is 1.96 bits per heavy atom. The molecule has 0 fully saturated rings. The summed E-state index contributed by atoms with van der Waals surface area (Å²) in [5.74, 6) is 0.912. The summed E-state index contributed by atoms with van der Waals surface area (Å²) in [4.78, 5) is 5.89. The normalized spacial score (nSPS) is 21.6. The second-order valence-corrected chi connectivity index (χ2v) is 7.18. The van der Waals surface area contributed by atoms with E-state index in [0.29, 0.717) is 0 Å². The van der Waals surface area contributed by atoms with E-state index in [1.165, 1.54) is 16.6 Å². The van der Waals surface area contributed by atoms with Crippen molar-refractivity contribution in [3.05, 3.63) is 59.7 Å². The molecule has 0 unspecified atom stereocenters. The molecule has 1 aliphatic rings. The lowest BCUT2D eigenvalue weighted by atomic mass is 9.79. The third kappa shape index (κ3) is 2.43. The van der Waals surface area contributed by atoms with Crippen molar-refractivity contribution in [1.29, 1.82) is 0 Å². The highest BCUT2D eigenvalue weighted by Crippen LogP contribution is 2.43. The number of benzene rings is 1. The van der Waals surface area contributed by atoms with Gasteiger partial charge >= 0.3 is 0 Å². The van der Waals surface area contributed by atoms with Gasteiger partial charge in [-0.1, -0.05) is 32.0 Å². The van der Waals surface area contributed by atoms with Crippen LogP contribution >= 0.6 is 0 Å². The average Bonchev–Trinajstić information content (AvgIpc) is 3.28. The standard InChI is InChI=1S/C21H26N2O2/c1-4-21(24,5-2)18-13-15-14-9-6-7-10-16(14)22-19(15)20(23(18)3)17-11-8-12-25-17/h6-12,18,20,22,24H,4-5,13H2,1-3H3/t18-,20+/m0/s1. The highest BCUT2D eigenvalue weighted by molar-refractivity contribution is 5.85. The molecule has 0 bridgehead atoms. The van der Waals surface area contributed by atoms with E-state index in [1.54, 1.807) is 6.26 Å². The van der Waals surface area contributed by atoms with Crippen molar-refractivity contribution in [2.75, 3.05) is 7.05 Å². The number of aromatic amines is 1. The lowest BCUT2D eigenvalue weighted by Crippen LogP contribution is -2.55. The third-order valence-corrected chi connectivity index (χ3v) is 6.07. The summed E-state index contributed by atoms with van der Waals surface area (Å²) in [5.41, 5.74) is 2.93. The Bertz CT molecular complexity index is 861. The minimum Gasteiger partial charge on any atom is -0.467 e. The van der Waals surface area contributed by atoms with Crippen LogP contribution in [0.1, 0.15) is 49.7 Å². The van der Waals surface area contributed by atoms with Crippen LogP contribution in [0.4, 0.5) is 0 Å². The Morgan fingerprint density at radius 1 is 1.20 bits per heavy atom. The molecule has 2 N–H and O–H groups in total. The minimum atomic E-state index is -0.713. The average molecular weight is 338 g/mol. The molecule has 132 valence electrons. The fourth-order valence-corrected chi connectivity index (χ4v) is 4.48. The van der Waals surface area contributed by atoms with Crippen LogP contribution in [0, 0.1) is 0 Å². The maximum atomic E-state index is 11.3. The summed E-state index contributed by atoms with van der Waals surface area (Å²) in [7, 11) is 2.10. The molecule has 0 radical (unpaired) electrons. The van der Waals surface area contributed by atoms with Gasteiger partial charge in [0, 0.05) is 22.6 Å². The zero-order valence-corrected chi connectivity index (χ0v) is 15.1. The van der Waals surface area contributed by atoms with Crippen molar-refractivity contribution >= 4 is 10.9 Å². The SMILES string of the molecule is CCC(O)(CC)[C@@H]1Cc2c([nH]c3ccccc23)[C@@H](c2ccco2)N1C. The summed E-state index contributed by atoms with van der Waals surface area (Å²) in [5, 5.41) is 12.5. The van der Waals surface area contributed by atoms with Crippen LogP contribution in [0.15, 0.2) is 47.1 Å². The van der Waals surface area contributed by atoms with Crippen LogP contribution in [0.2, 0.25) is 0 Å². The number of nitrogens with zero attached hydrogens (tertiary/aromatic N) is 1. The molecule has 4 nitrogen and oxygen atoms in total. The maximum absolute atomic E-state index is 11.3. The van der Waals surface area contributed by atoms with Gasteiger partial charge in [0.15, 0.2) is 0 Å². The van der Waals surface area contributed by atoms with E-state index >= 15 is 0 Å². The number of nitrogens with one attached hydrogen (secondary N) is 1. The van der Waals surface area contributed by atoms with Crippen LogP contribution in [0.25, 0.3) is 10.9 Å². The van der Waals surface area contributed by atoms with Gasteiger partial charge in [-0.25, -0.2) is 0 Å². The maximum Gasteiger partial charge on any atom is 0.126 e. The highest BCUT2D eigenvalue weighted by Gasteiger charge is 2.45. The molecule has 0 saturated carbocycles. The molecule has 25 heavy (non-hydrogen) atoms. The van der Waals surface area contributed by atoms with Crippen molar-refractivity contribution in [2.45, 2.75) is 50.8 Å². The van der Waals surface area contributed by atoms with Gasteiger partial charge in [0.2, 0.25) is 0 Å². The minimum absolute atomic E-state index is 0.0132. The van der Waals surface area contributed by atoms with Crippen LogP contribution in [0.3, 0.4) is 0 Å². The van der Waals surface area contributed by atoms with Gasteiger partial charge < -0.3 is 14.5 Å². The fraction of sp³-hybridized carbons (Fsp3) is 0.429. The summed E-state index contributed by atoms with van der Waals surface area (Å²) in [6.07, 6.45) is 4.04. The molecule has 4 rings (SSSR count). The molecule has 3 aromatic rings. The molecular weight excluding hydrogens is 312 g/mol. The zero-order valence-electron chi connectivity index (χ0n) is 15.1. The van der Waals surface area contributed by atoms with E-state index in [9.17, 15) is 5.11 Å². The molecular formula is C21H26N2O2. The van der Waals surface area contributed by atoms with Gasteiger partial charge in [-0.15, -0.1) is 0 Å². The predicted molar refractivity (Wildman–Crippen MR) is 99.6 cm³/mol. The molecule has 0 spiro atoms. The molecule has 0 amide bonds. The van der Waals surface area contributed by atoms with Gasteiger partial charge in [-0.3, -0.25) is 4.90 Å². The molecule has 0 aliphatic carbocycles. The Kier molecular flexibility index (Phi) is 3.97. The number of likely N-dealkylation sites (N-methyl/N-ethyl adjacent to an activating group) is 1. The van der Waals surface area contributed by atoms with Gasteiger partial charge in [0.1, 0.15) is 11.8 Å². The molecule has 4 heteroatoms. The Morgan fingerprint density at radius 3 is 2.64 bits per heavy atom. The predicted octanol–water partition coefficient (Wildman–Crippen LogP) is 4.26. The van der Waals surface area contributed by atoms with E-state index in [1.807, 2.05) is 12.1 Å². The molecule has 3 heterocycles. The first-order valence-electron chi connectivity index (χ1n) is 9.16. The van der Waals surface area contributed by atoms with Crippen LogP contribution in [-0.4, -0.2) is 33.7 Å². The van der Waals surface area contributed by atoms with Gasteiger partial charge in [-0.05, 0) is 50.1 Å². The number of rotatable bonds is 4. The third-order valence-electron chi connectivity index (χ3n) is 6.07. The van der Waals surface area contributed by atoms with Crippen molar-refractivity contribution in [3.8, 4) is 0 Å². The van der Waals surface area contributed by atoms with Crippen molar-refractivity contribution in [1.82, 2.24) is 9.88 Å². The largest absolute Gasteiger partial charge is 0.467 e. The summed E-state index contributed by atoms with van der Waals surface area (Å²) < 4.78 is 5.78. The molecule has 2 aromatic heterocycles. The number of aliphatic hydroxyl groups is 1. The summed E-state index contributed by atoms with van der Waals surface area (Å²) in [6.45, 7) is 4.15. The summed E-state index contributed by atoms with van der Waals surface area (Å²) >= 11 is 0. The lowest BCUT2D eigenvalue weighted by Gasteiger charge is -2.46. The van der Waals surface area contributed by atoms with E-state index < -0.39 is 5.60 Å². The van der Waals surface area contributed by atoms with Crippen molar-refractivity contribution in [3.63, 3.8) is 0 Å². The van der Waals surface area contributed by atoms with E-state index in [-0.39, 0.29) is 12.1 Å². The molecule has 1 aliphatic heterocycles. The number of aromatic nitrogens is 1. The number of hydrogen-bond donors (Lipinski definition) is 2. The first-order valence-corrected chi connectivity index (χ1v) is 9.16. The molecule has 1 aromatic carbocycles. The summed E-state index contributed by atoms with van der Waals surface area (Å²) in [6, 6.07) is 12.4. The van der Waals surface area contributed by atoms with E-state index in [4.69, 9.17) is 4.42 Å². The first-order chi connectivity index (χ1) is 12.1. The number of para-hydroxylation sites is 1.